The molecule has 0 atom stereocenters. The van der Waals surface area contributed by atoms with Crippen LogP contribution in [0.5, 0.6) is 0 Å². The Hall–Kier alpha value is -1.56. The summed E-state index contributed by atoms with van der Waals surface area (Å²) in [5, 5.41) is 0.620. The Kier molecular flexibility index (Phi) is 6.66. The first-order valence-corrected chi connectivity index (χ1v) is 8.19. The van der Waals surface area contributed by atoms with Crippen LogP contribution >= 0.6 is 27.5 Å². The number of ketones is 1. The maximum Gasteiger partial charge on any atom is 0.287 e. The molecule has 0 radical (unpaired) electrons. The summed E-state index contributed by atoms with van der Waals surface area (Å²) in [6, 6.07) is 16.7. The van der Waals surface area contributed by atoms with Crippen molar-refractivity contribution in [3.8, 4) is 11.3 Å². The molecule has 0 saturated carbocycles. The summed E-state index contributed by atoms with van der Waals surface area (Å²) in [6.45, 7) is 0.245. The maximum atomic E-state index is 12.2. The normalized spacial score (nSPS) is 10.1. The van der Waals surface area contributed by atoms with Crippen molar-refractivity contribution in [1.82, 2.24) is 4.98 Å². The molecule has 0 fully saturated rings. The minimum absolute atomic E-state index is 0. The fraction of sp³-hybridized carbons (Fsp3) is 0.0556. The summed E-state index contributed by atoms with van der Waals surface area (Å²) in [4.78, 5) is 16.6. The molecule has 3 aromatic rings. The third-order valence-corrected chi connectivity index (χ3v) is 4.18. The first-order valence-electron chi connectivity index (χ1n) is 7.01. The number of Topliss-reactive ketones (excluding diaryl/α,β-unsaturated/α-hetero) is 1. The quantitative estimate of drug-likeness (QED) is 0.428. The van der Waals surface area contributed by atoms with Crippen LogP contribution in [0.4, 0.5) is 0 Å². The molecular weight excluding hydrogens is 455 g/mol. The van der Waals surface area contributed by atoms with Crippen molar-refractivity contribution in [2.24, 2.45) is 0 Å². The van der Waals surface area contributed by atoms with Gasteiger partial charge in [-0.2, -0.15) is 0 Å². The number of hydrogen-bond donors (Lipinski definition) is 0. The molecule has 3 nitrogen and oxygen atoms in total. The van der Waals surface area contributed by atoms with Crippen molar-refractivity contribution in [2.45, 2.75) is 6.54 Å². The second-order valence-corrected chi connectivity index (χ2v) is 6.41. The van der Waals surface area contributed by atoms with E-state index in [-0.39, 0.29) is 29.3 Å². The summed E-state index contributed by atoms with van der Waals surface area (Å²) in [5.41, 5.74) is 2.54. The molecule has 0 amide bonds. The van der Waals surface area contributed by atoms with Gasteiger partial charge in [-0.3, -0.25) is 4.79 Å². The molecule has 1 heterocycles. The molecule has 3 rings (SSSR count). The van der Waals surface area contributed by atoms with Crippen LogP contribution in [-0.4, -0.2) is 10.8 Å². The highest BCUT2D eigenvalue weighted by molar-refractivity contribution is 9.10. The Morgan fingerprint density at radius 3 is 2.29 bits per heavy atom. The Bertz CT molecular complexity index is 819. The third-order valence-electron chi connectivity index (χ3n) is 3.40. The number of benzene rings is 2. The topological polar surface area (TPSA) is 33.8 Å². The van der Waals surface area contributed by atoms with Crippen LogP contribution in [0.25, 0.3) is 11.3 Å². The van der Waals surface area contributed by atoms with E-state index in [2.05, 4.69) is 20.9 Å². The van der Waals surface area contributed by atoms with Gasteiger partial charge < -0.3 is 17.0 Å². The fourth-order valence-corrected chi connectivity index (χ4v) is 2.55. The molecule has 0 aliphatic rings. The highest BCUT2D eigenvalue weighted by Crippen LogP contribution is 2.18. The van der Waals surface area contributed by atoms with E-state index >= 15 is 0 Å². The van der Waals surface area contributed by atoms with Crippen LogP contribution in [0.3, 0.4) is 0 Å². The predicted octanol–water partition coefficient (Wildman–Crippen LogP) is 1.34. The van der Waals surface area contributed by atoms with E-state index in [0.717, 1.165) is 15.7 Å². The number of carbonyl (C=O) groups is 1. The first kappa shape index (κ1) is 18.8. The van der Waals surface area contributed by atoms with Crippen molar-refractivity contribution < 1.29 is 26.3 Å². The smallest absolute Gasteiger partial charge is 0.287 e. The number of aromatic nitrogens is 2. The third kappa shape index (κ3) is 4.72. The molecule has 0 spiro atoms. The van der Waals surface area contributed by atoms with Crippen LogP contribution in [0.15, 0.2) is 71.6 Å². The molecule has 24 heavy (non-hydrogen) atoms. The summed E-state index contributed by atoms with van der Waals surface area (Å²) in [5.74, 6) is 0.0184. The van der Waals surface area contributed by atoms with Crippen LogP contribution in [-0.2, 0) is 6.54 Å². The van der Waals surface area contributed by atoms with E-state index in [4.69, 9.17) is 11.6 Å². The van der Waals surface area contributed by atoms with Crippen LogP contribution in [0.2, 0.25) is 5.02 Å². The lowest BCUT2D eigenvalue weighted by Crippen LogP contribution is -3.00. The van der Waals surface area contributed by atoms with Crippen LogP contribution in [0, 0.1) is 0 Å². The number of hydrogen-bond acceptors (Lipinski definition) is 2. The lowest BCUT2D eigenvalue weighted by atomic mass is 10.1. The second-order valence-electron chi connectivity index (χ2n) is 5.05. The van der Waals surface area contributed by atoms with Gasteiger partial charge in [0.1, 0.15) is 0 Å². The molecule has 0 bridgehead atoms. The van der Waals surface area contributed by atoms with Gasteiger partial charge in [-0.15, -0.1) is 0 Å². The van der Waals surface area contributed by atoms with Gasteiger partial charge in [0.2, 0.25) is 5.78 Å². The van der Waals surface area contributed by atoms with Gasteiger partial charge in [0.15, 0.2) is 12.2 Å². The van der Waals surface area contributed by atoms with Crippen molar-refractivity contribution in [1.29, 1.82) is 0 Å². The van der Waals surface area contributed by atoms with E-state index in [9.17, 15) is 4.79 Å². The van der Waals surface area contributed by atoms with Crippen molar-refractivity contribution in [2.75, 3.05) is 0 Å². The number of carbonyl (C=O) groups excluding carboxylic acids is 1. The SMILES string of the molecule is O=C(C[n+]1ccc(-c2ccc(Br)cc2)nc1)c1ccc(Cl)cc1.[Br-]. The van der Waals surface area contributed by atoms with Gasteiger partial charge in [0, 0.05) is 26.7 Å². The molecule has 6 heteroatoms. The van der Waals surface area contributed by atoms with Gasteiger partial charge in [0.05, 0.1) is 6.20 Å². The molecular formula is C18H13Br2ClN2O. The van der Waals surface area contributed by atoms with E-state index in [1.54, 1.807) is 35.2 Å². The van der Waals surface area contributed by atoms with E-state index in [0.29, 0.717) is 10.6 Å². The summed E-state index contributed by atoms with van der Waals surface area (Å²) in [6.07, 6.45) is 3.53. The Morgan fingerprint density at radius 1 is 1.04 bits per heavy atom. The molecule has 0 saturated heterocycles. The minimum Gasteiger partial charge on any atom is -1.00 e. The average molecular weight is 469 g/mol. The molecule has 0 aliphatic heterocycles. The molecule has 2 aromatic carbocycles. The molecule has 0 unspecified atom stereocenters. The zero-order valence-corrected chi connectivity index (χ0v) is 16.4. The van der Waals surface area contributed by atoms with Gasteiger partial charge in [-0.1, -0.05) is 27.5 Å². The minimum atomic E-state index is 0. The number of nitrogens with zero attached hydrogens (tertiary/aromatic N) is 2. The van der Waals surface area contributed by atoms with E-state index in [1.165, 1.54) is 0 Å². The number of halogens is 3. The van der Waals surface area contributed by atoms with E-state index in [1.807, 2.05) is 36.5 Å². The Morgan fingerprint density at radius 2 is 1.71 bits per heavy atom. The number of rotatable bonds is 4. The maximum absolute atomic E-state index is 12.2. The average Bonchev–Trinajstić information content (AvgIpc) is 2.57. The van der Waals surface area contributed by atoms with Crippen molar-refractivity contribution in [3.63, 3.8) is 0 Å². The fourth-order valence-electron chi connectivity index (χ4n) is 2.16. The van der Waals surface area contributed by atoms with Crippen molar-refractivity contribution in [3.05, 3.63) is 82.2 Å². The highest BCUT2D eigenvalue weighted by atomic mass is 79.9. The lowest BCUT2D eigenvalue weighted by molar-refractivity contribution is -0.686. The molecule has 0 N–H and O–H groups in total. The zero-order chi connectivity index (χ0) is 16.2. The lowest BCUT2D eigenvalue weighted by Gasteiger charge is -2.01. The van der Waals surface area contributed by atoms with Crippen LogP contribution in [0.1, 0.15) is 10.4 Å². The molecule has 122 valence electrons. The molecule has 0 aliphatic carbocycles. The highest BCUT2D eigenvalue weighted by Gasteiger charge is 2.11. The summed E-state index contributed by atoms with van der Waals surface area (Å²) in [7, 11) is 0. The van der Waals surface area contributed by atoms with Gasteiger partial charge in [-0.05, 0) is 53.5 Å². The largest absolute Gasteiger partial charge is 1.00 e. The Labute approximate surface area is 164 Å². The summed E-state index contributed by atoms with van der Waals surface area (Å²) >= 11 is 9.25. The standard InChI is InChI=1S/C18H13BrClN2O.BrH/c19-15-5-1-13(2-6-15)17-9-10-22(12-21-17)11-18(23)14-3-7-16(20)8-4-14;/h1-10,12H,11H2;1H/q+1;/p-1. The van der Waals surface area contributed by atoms with Gasteiger partial charge in [0.25, 0.3) is 6.33 Å². The zero-order valence-electron chi connectivity index (χ0n) is 12.5. The van der Waals surface area contributed by atoms with Gasteiger partial charge in [-0.25, -0.2) is 4.57 Å². The van der Waals surface area contributed by atoms with Crippen molar-refractivity contribution >= 4 is 33.3 Å². The van der Waals surface area contributed by atoms with E-state index < -0.39 is 0 Å². The summed E-state index contributed by atoms with van der Waals surface area (Å²) < 4.78 is 2.79. The molecule has 1 aromatic heterocycles. The van der Waals surface area contributed by atoms with Gasteiger partial charge >= 0.3 is 0 Å². The monoisotopic (exact) mass is 466 g/mol. The first-order chi connectivity index (χ1) is 11.1. The van der Waals surface area contributed by atoms with Crippen LogP contribution < -0.4 is 21.5 Å². The Balaban J connectivity index is 0.00000208. The predicted molar refractivity (Wildman–Crippen MR) is 93.4 cm³/mol. The second kappa shape index (κ2) is 8.51.